The molecule has 5 aromatic carbocycles. The predicted octanol–water partition coefficient (Wildman–Crippen LogP) is 8.55. The molecule has 0 amide bonds. The van der Waals surface area contributed by atoms with Crippen molar-refractivity contribution in [1.29, 1.82) is 0 Å². The van der Waals surface area contributed by atoms with Gasteiger partial charge < -0.3 is 15.0 Å². The van der Waals surface area contributed by atoms with Gasteiger partial charge in [-0.3, -0.25) is 0 Å². The maximum absolute atomic E-state index is 12.9. The number of anilines is 1. The van der Waals surface area contributed by atoms with Crippen molar-refractivity contribution in [3.05, 3.63) is 162 Å². The lowest BCUT2D eigenvalue weighted by atomic mass is 10.1. The van der Waals surface area contributed by atoms with E-state index in [9.17, 15) is 43.5 Å². The fraction of sp³-hybridized carbons (Fsp3) is 0.0625. The molecule has 0 heterocycles. The molecule has 0 radical (unpaired) electrons. The van der Waals surface area contributed by atoms with E-state index in [4.69, 9.17) is 10.8 Å². The van der Waals surface area contributed by atoms with E-state index in [1.807, 2.05) is 12.1 Å². The van der Waals surface area contributed by atoms with Gasteiger partial charge in [0, 0.05) is 17.8 Å². The molecule has 3 N–H and O–H groups in total. The monoisotopic (exact) mass is 671 g/mol. The molecule has 0 saturated heterocycles. The number of hydrogen-bond donors (Lipinski definition) is 2. The van der Waals surface area contributed by atoms with Crippen molar-refractivity contribution in [3.63, 3.8) is 0 Å². The Balaban J connectivity index is 0.000000223. The van der Waals surface area contributed by atoms with Gasteiger partial charge in [0.05, 0.1) is 0 Å². The number of aromatic hydroxyl groups is 1. The van der Waals surface area contributed by atoms with Crippen molar-refractivity contribution >= 4 is 15.8 Å². The number of rotatable bonds is 4. The Hall–Kier alpha value is -5.11. The van der Waals surface area contributed by atoms with E-state index in [-0.39, 0.29) is 23.2 Å². The molecule has 244 valence electrons. The summed E-state index contributed by atoms with van der Waals surface area (Å²) in [4.78, 5) is 0. The first-order chi connectivity index (χ1) is 21.5. The van der Waals surface area contributed by atoms with Crippen molar-refractivity contribution in [2.75, 3.05) is 5.73 Å². The van der Waals surface area contributed by atoms with Gasteiger partial charge in [-0.05, 0) is 84.3 Å². The number of benzene rings is 5. The first kappa shape index (κ1) is 37.1. The van der Waals surface area contributed by atoms with E-state index in [0.717, 1.165) is 35.4 Å². The fourth-order valence-electron chi connectivity index (χ4n) is 3.21. The molecule has 5 rings (SSSR count). The highest BCUT2D eigenvalue weighted by Gasteiger charge is 2.48. The summed E-state index contributed by atoms with van der Waals surface area (Å²) in [6.07, 6.45) is 0.551. The van der Waals surface area contributed by atoms with Gasteiger partial charge in [-0.1, -0.05) is 42.5 Å². The molecule has 5 aromatic rings. The van der Waals surface area contributed by atoms with Crippen LogP contribution in [-0.2, 0) is 16.5 Å². The summed E-state index contributed by atoms with van der Waals surface area (Å²) >= 11 is 0. The molecule has 0 fully saturated rings. The minimum absolute atomic E-state index is 0.0370. The first-order valence-electron chi connectivity index (χ1n) is 12.7. The molecule has 46 heavy (non-hydrogen) atoms. The highest BCUT2D eigenvalue weighted by Crippen LogP contribution is 2.27. The first-order valence-corrected chi connectivity index (χ1v) is 14.2. The van der Waals surface area contributed by atoms with Crippen LogP contribution in [0.1, 0.15) is 11.1 Å². The Morgan fingerprint density at radius 2 is 1.00 bits per heavy atom. The second-order valence-electron chi connectivity index (χ2n) is 8.91. The lowest BCUT2D eigenvalue weighted by Gasteiger charge is -2.08. The molecule has 0 spiro atoms. The van der Waals surface area contributed by atoms with Crippen LogP contribution in [0.4, 0.5) is 40.8 Å². The molecule has 0 aromatic heterocycles. The number of phenolic OH excluding ortho intramolecular Hbond substituents is 1. The minimum Gasteiger partial charge on any atom is -0.508 e. The topological polar surface area (TPSA) is 89.6 Å². The second kappa shape index (κ2) is 17.4. The van der Waals surface area contributed by atoms with Gasteiger partial charge in [-0.25, -0.2) is 22.0 Å². The zero-order valence-corrected chi connectivity index (χ0v) is 24.3. The van der Waals surface area contributed by atoms with Crippen LogP contribution in [0.25, 0.3) is 0 Å². The van der Waals surface area contributed by atoms with Crippen molar-refractivity contribution in [2.45, 2.75) is 11.9 Å². The summed E-state index contributed by atoms with van der Waals surface area (Å²) < 4.78 is 122. The SMILES string of the molecule is Fc1cccc(Cc2cccc(F)c2)c1.Nc1cccc(F)c1.O=S(=O)(Oc1cccc(F)c1)C(F)(F)F.Oc1cccc(F)c1. The third-order valence-corrected chi connectivity index (χ3v) is 6.11. The maximum atomic E-state index is 12.9. The molecular weight excluding hydrogens is 646 g/mol. The normalized spacial score (nSPS) is 10.6. The van der Waals surface area contributed by atoms with Gasteiger partial charge in [-0.15, -0.1) is 0 Å². The Bertz CT molecular complexity index is 1680. The molecule has 0 aliphatic heterocycles. The van der Waals surface area contributed by atoms with Crippen molar-refractivity contribution in [3.8, 4) is 11.5 Å². The lowest BCUT2D eigenvalue weighted by molar-refractivity contribution is -0.0500. The standard InChI is InChI=1S/C13H10F2.C7H4F4O3S.C6H6FN.C6H5FO/c14-12-5-1-3-10(8-12)7-11-4-2-6-13(15)9-11;8-5-2-1-3-6(4-5)14-15(12,13)7(9,10)11;2*7-5-2-1-3-6(8)4-5/h1-6,8-9H,7H2;1-4H;1-4H,8H2;1-4,8H. The zero-order chi connectivity index (χ0) is 34.3. The minimum atomic E-state index is -5.73. The van der Waals surface area contributed by atoms with Crippen LogP contribution in [0.2, 0.25) is 0 Å². The van der Waals surface area contributed by atoms with E-state index in [1.165, 1.54) is 54.6 Å². The number of nitrogen functional groups attached to an aromatic ring is 1. The largest absolute Gasteiger partial charge is 0.534 e. The molecular formula is C32H25F8NO4S. The van der Waals surface area contributed by atoms with Crippen LogP contribution in [-0.4, -0.2) is 19.0 Å². The Labute approximate surface area is 259 Å². The summed E-state index contributed by atoms with van der Waals surface area (Å²) in [6.45, 7) is 0. The van der Waals surface area contributed by atoms with E-state index in [0.29, 0.717) is 18.2 Å². The van der Waals surface area contributed by atoms with Gasteiger partial charge in [0.1, 0.15) is 40.6 Å². The molecule has 0 bridgehead atoms. The van der Waals surface area contributed by atoms with Gasteiger partial charge in [0.25, 0.3) is 0 Å². The lowest BCUT2D eigenvalue weighted by Crippen LogP contribution is -2.28. The summed E-state index contributed by atoms with van der Waals surface area (Å²) in [5.41, 5.74) is 1.85. The van der Waals surface area contributed by atoms with Crippen molar-refractivity contribution < 1.29 is 52.8 Å². The van der Waals surface area contributed by atoms with E-state index >= 15 is 0 Å². The quantitative estimate of drug-likeness (QED) is 0.0866. The highest BCUT2D eigenvalue weighted by molar-refractivity contribution is 7.88. The molecule has 0 atom stereocenters. The van der Waals surface area contributed by atoms with Crippen LogP contribution >= 0.6 is 0 Å². The summed E-state index contributed by atoms with van der Waals surface area (Å²) in [5, 5.41) is 8.57. The Morgan fingerprint density at radius 1 is 0.587 bits per heavy atom. The van der Waals surface area contributed by atoms with Crippen molar-refractivity contribution in [1.82, 2.24) is 0 Å². The van der Waals surface area contributed by atoms with Gasteiger partial charge >= 0.3 is 15.6 Å². The maximum Gasteiger partial charge on any atom is 0.534 e. The number of phenols is 1. The summed E-state index contributed by atoms with van der Waals surface area (Å²) in [5.74, 6) is -2.88. The van der Waals surface area contributed by atoms with Crippen molar-refractivity contribution in [2.24, 2.45) is 0 Å². The van der Waals surface area contributed by atoms with Crippen LogP contribution in [0.3, 0.4) is 0 Å². The predicted molar refractivity (Wildman–Crippen MR) is 156 cm³/mol. The number of hydrogen-bond acceptors (Lipinski definition) is 5. The van der Waals surface area contributed by atoms with E-state index in [2.05, 4.69) is 4.18 Å². The third kappa shape index (κ3) is 14.1. The van der Waals surface area contributed by atoms with E-state index < -0.39 is 33.0 Å². The van der Waals surface area contributed by atoms with Gasteiger partial charge in [0.2, 0.25) is 0 Å². The average Bonchev–Trinajstić information content (AvgIpc) is 2.93. The molecule has 0 aliphatic rings. The molecule has 5 nitrogen and oxygen atoms in total. The second-order valence-corrected chi connectivity index (χ2v) is 10.4. The number of alkyl halides is 3. The van der Waals surface area contributed by atoms with Gasteiger partial charge in [-0.2, -0.15) is 21.6 Å². The van der Waals surface area contributed by atoms with Crippen LogP contribution in [0.5, 0.6) is 11.5 Å². The molecule has 0 saturated carbocycles. The molecule has 14 heteroatoms. The van der Waals surface area contributed by atoms with Crippen LogP contribution in [0, 0.1) is 29.1 Å². The molecule has 0 aliphatic carbocycles. The number of halogens is 8. The van der Waals surface area contributed by atoms with Gasteiger partial charge in [0.15, 0.2) is 0 Å². The average molecular weight is 672 g/mol. The van der Waals surface area contributed by atoms with E-state index in [1.54, 1.807) is 24.3 Å². The Morgan fingerprint density at radius 3 is 1.35 bits per heavy atom. The summed E-state index contributed by atoms with van der Waals surface area (Å²) in [6, 6.07) is 27.1. The fourth-order valence-corrected chi connectivity index (χ4v) is 3.66. The summed E-state index contributed by atoms with van der Waals surface area (Å²) in [7, 11) is -5.73. The highest BCUT2D eigenvalue weighted by atomic mass is 32.2. The third-order valence-electron chi connectivity index (χ3n) is 5.13. The van der Waals surface area contributed by atoms with Crippen LogP contribution < -0.4 is 9.92 Å². The smallest absolute Gasteiger partial charge is 0.508 e. The number of nitrogens with two attached hydrogens (primary N) is 1. The van der Waals surface area contributed by atoms with Crippen LogP contribution in [0.15, 0.2) is 121 Å². The molecule has 0 unspecified atom stereocenters. The zero-order valence-electron chi connectivity index (χ0n) is 23.4. The Kier molecular flexibility index (Phi) is 14.0.